The first-order valence-electron chi connectivity index (χ1n) is 5.10. The van der Waals surface area contributed by atoms with Crippen LogP contribution in [0.3, 0.4) is 0 Å². The van der Waals surface area contributed by atoms with Crippen LogP contribution in [0.15, 0.2) is 46.5 Å². The number of hydrogen-bond donors (Lipinski definition) is 0. The molecular formula is C12H8Cl2FNO2. The molecule has 6 heteroatoms. The molecule has 0 saturated carbocycles. The van der Waals surface area contributed by atoms with Gasteiger partial charge in [-0.15, -0.1) is 0 Å². The molecule has 1 unspecified atom stereocenters. The fourth-order valence-corrected chi connectivity index (χ4v) is 2.61. The third-order valence-electron chi connectivity index (χ3n) is 2.63. The van der Waals surface area contributed by atoms with Crippen LogP contribution >= 0.6 is 23.2 Å². The maximum absolute atomic E-state index is 13.9. The van der Waals surface area contributed by atoms with E-state index in [1.165, 1.54) is 0 Å². The minimum atomic E-state index is -2.73. The zero-order valence-electron chi connectivity index (χ0n) is 9.07. The van der Waals surface area contributed by atoms with Crippen molar-refractivity contribution in [2.75, 3.05) is 0 Å². The molecule has 0 fully saturated rings. The number of nitrogens with zero attached hydrogens (tertiary/aromatic N) is 1. The Balaban J connectivity index is 2.47. The van der Waals surface area contributed by atoms with Gasteiger partial charge in [0.2, 0.25) is 0 Å². The van der Waals surface area contributed by atoms with E-state index in [0.717, 1.165) is 6.08 Å². The van der Waals surface area contributed by atoms with Crippen LogP contribution in [0.1, 0.15) is 12.0 Å². The highest BCUT2D eigenvalue weighted by Crippen LogP contribution is 2.42. The van der Waals surface area contributed by atoms with Gasteiger partial charge < -0.3 is 0 Å². The maximum atomic E-state index is 13.9. The lowest BCUT2D eigenvalue weighted by molar-refractivity contribution is -0.588. The van der Waals surface area contributed by atoms with Gasteiger partial charge in [-0.3, -0.25) is 10.1 Å². The largest absolute Gasteiger partial charge is 0.384 e. The van der Waals surface area contributed by atoms with E-state index in [9.17, 15) is 14.5 Å². The normalized spacial score (nSPS) is 23.8. The SMILES string of the molecule is O=[N+]([O-])C1(F)C=C(Cl)C(c2ccccc2)=C(Cl)C1. The summed E-state index contributed by atoms with van der Waals surface area (Å²) in [6, 6.07) is 8.88. The fourth-order valence-electron chi connectivity index (χ4n) is 1.77. The van der Waals surface area contributed by atoms with Crippen molar-refractivity contribution in [3.05, 3.63) is 62.2 Å². The lowest BCUT2D eigenvalue weighted by Gasteiger charge is -2.21. The average Bonchev–Trinajstić information content (AvgIpc) is 2.29. The van der Waals surface area contributed by atoms with Crippen LogP contribution in [-0.4, -0.2) is 10.7 Å². The Bertz CT molecular complexity index is 556. The number of allylic oxidation sites excluding steroid dienone is 2. The zero-order chi connectivity index (χ0) is 13.3. The molecule has 1 aliphatic carbocycles. The molecule has 0 heterocycles. The molecule has 2 rings (SSSR count). The Morgan fingerprint density at radius 3 is 2.39 bits per heavy atom. The summed E-state index contributed by atoms with van der Waals surface area (Å²) in [7, 11) is 0. The highest BCUT2D eigenvalue weighted by molar-refractivity contribution is 6.42. The Labute approximate surface area is 113 Å². The van der Waals surface area contributed by atoms with E-state index in [1.807, 2.05) is 6.07 Å². The first-order chi connectivity index (χ1) is 8.44. The summed E-state index contributed by atoms with van der Waals surface area (Å²) in [5.41, 5.74) is 1.14. The lowest BCUT2D eigenvalue weighted by atomic mass is 9.95. The van der Waals surface area contributed by atoms with Gasteiger partial charge in [0.25, 0.3) is 0 Å². The smallest absolute Gasteiger partial charge is 0.261 e. The van der Waals surface area contributed by atoms with Crippen molar-refractivity contribution >= 4 is 28.8 Å². The van der Waals surface area contributed by atoms with Crippen LogP contribution in [0.25, 0.3) is 5.57 Å². The van der Waals surface area contributed by atoms with Gasteiger partial charge in [-0.05, 0) is 5.56 Å². The Morgan fingerprint density at radius 1 is 1.28 bits per heavy atom. The molecular weight excluding hydrogens is 280 g/mol. The Morgan fingerprint density at radius 2 is 1.89 bits per heavy atom. The molecule has 1 aliphatic rings. The monoisotopic (exact) mass is 287 g/mol. The molecule has 0 bridgehead atoms. The van der Waals surface area contributed by atoms with E-state index >= 15 is 0 Å². The number of benzene rings is 1. The van der Waals surface area contributed by atoms with E-state index in [1.54, 1.807) is 24.3 Å². The van der Waals surface area contributed by atoms with Crippen LogP contribution < -0.4 is 0 Å². The highest BCUT2D eigenvalue weighted by atomic mass is 35.5. The minimum Gasteiger partial charge on any atom is -0.261 e. The van der Waals surface area contributed by atoms with Crippen LogP contribution in [-0.2, 0) is 0 Å². The second-order valence-electron chi connectivity index (χ2n) is 3.89. The summed E-state index contributed by atoms with van der Waals surface area (Å²) in [5.74, 6) is -2.73. The Hall–Kier alpha value is -1.39. The highest BCUT2D eigenvalue weighted by Gasteiger charge is 2.45. The summed E-state index contributed by atoms with van der Waals surface area (Å²) < 4.78 is 13.9. The summed E-state index contributed by atoms with van der Waals surface area (Å²) >= 11 is 11.9. The van der Waals surface area contributed by atoms with Crippen LogP contribution in [0.5, 0.6) is 0 Å². The number of rotatable bonds is 2. The molecule has 0 amide bonds. The molecule has 0 aliphatic heterocycles. The van der Waals surface area contributed by atoms with E-state index in [0.29, 0.717) is 11.1 Å². The first-order valence-corrected chi connectivity index (χ1v) is 5.86. The van der Waals surface area contributed by atoms with Crippen molar-refractivity contribution in [2.24, 2.45) is 0 Å². The first kappa shape index (κ1) is 13.1. The van der Waals surface area contributed by atoms with E-state index < -0.39 is 17.1 Å². The van der Waals surface area contributed by atoms with Crippen molar-refractivity contribution in [3.8, 4) is 0 Å². The predicted molar refractivity (Wildman–Crippen MR) is 68.6 cm³/mol. The number of halogens is 3. The molecule has 3 nitrogen and oxygen atoms in total. The quantitative estimate of drug-likeness (QED) is 0.467. The molecule has 0 saturated heterocycles. The van der Waals surface area contributed by atoms with E-state index in [-0.39, 0.29) is 10.1 Å². The van der Waals surface area contributed by atoms with E-state index in [4.69, 9.17) is 23.2 Å². The molecule has 0 aromatic heterocycles. The number of nitro groups is 1. The summed E-state index contributed by atoms with van der Waals surface area (Å²) in [6.07, 6.45) is 0.283. The third kappa shape index (κ3) is 2.26. The number of hydrogen-bond acceptors (Lipinski definition) is 2. The van der Waals surface area contributed by atoms with E-state index in [2.05, 4.69) is 0 Å². The zero-order valence-corrected chi connectivity index (χ0v) is 10.6. The van der Waals surface area contributed by atoms with Gasteiger partial charge in [0.05, 0.1) is 16.4 Å². The van der Waals surface area contributed by atoms with Gasteiger partial charge in [0.1, 0.15) is 0 Å². The summed E-state index contributed by atoms with van der Waals surface area (Å²) in [5, 5.41) is 10.7. The number of alkyl halides is 1. The van der Waals surface area contributed by atoms with Crippen LogP contribution in [0.2, 0.25) is 0 Å². The predicted octanol–water partition coefficient (Wildman–Crippen LogP) is 4.11. The van der Waals surface area contributed by atoms with Crippen LogP contribution in [0.4, 0.5) is 4.39 Å². The second kappa shape index (κ2) is 4.71. The van der Waals surface area contributed by atoms with Crippen molar-refractivity contribution in [3.63, 3.8) is 0 Å². The fraction of sp³-hybridized carbons (Fsp3) is 0.167. The second-order valence-corrected chi connectivity index (χ2v) is 4.75. The van der Waals surface area contributed by atoms with Crippen LogP contribution in [0, 0.1) is 10.1 Å². The molecule has 0 spiro atoms. The standard InChI is InChI=1S/C12H8Cl2FNO2/c13-9-6-12(15,16(17)18)7-10(14)11(9)8-4-2-1-3-5-8/h1-6H,7H2. The summed E-state index contributed by atoms with van der Waals surface area (Å²) in [4.78, 5) is 9.63. The third-order valence-corrected chi connectivity index (χ3v) is 3.25. The van der Waals surface area contributed by atoms with Gasteiger partial charge in [-0.1, -0.05) is 53.5 Å². The van der Waals surface area contributed by atoms with Crippen molar-refractivity contribution in [2.45, 2.75) is 12.2 Å². The molecule has 94 valence electrons. The molecule has 18 heavy (non-hydrogen) atoms. The van der Waals surface area contributed by atoms with Gasteiger partial charge in [0, 0.05) is 16.7 Å². The maximum Gasteiger partial charge on any atom is 0.384 e. The van der Waals surface area contributed by atoms with Crippen molar-refractivity contribution in [1.82, 2.24) is 0 Å². The Kier molecular flexibility index (Phi) is 3.41. The minimum absolute atomic E-state index is 0.0448. The van der Waals surface area contributed by atoms with Crippen molar-refractivity contribution in [1.29, 1.82) is 0 Å². The molecule has 0 radical (unpaired) electrons. The van der Waals surface area contributed by atoms with Gasteiger partial charge in [-0.25, -0.2) is 0 Å². The topological polar surface area (TPSA) is 43.1 Å². The molecule has 0 N–H and O–H groups in total. The average molecular weight is 288 g/mol. The van der Waals surface area contributed by atoms with Gasteiger partial charge >= 0.3 is 5.79 Å². The van der Waals surface area contributed by atoms with Crippen molar-refractivity contribution < 1.29 is 9.31 Å². The molecule has 1 aromatic rings. The van der Waals surface area contributed by atoms with Gasteiger partial charge in [0.15, 0.2) is 0 Å². The van der Waals surface area contributed by atoms with Gasteiger partial charge in [-0.2, -0.15) is 4.39 Å². The lowest BCUT2D eigenvalue weighted by Crippen LogP contribution is -2.33. The molecule has 1 aromatic carbocycles. The summed E-state index contributed by atoms with van der Waals surface area (Å²) in [6.45, 7) is 0. The molecule has 1 atom stereocenters.